The van der Waals surface area contributed by atoms with Gasteiger partial charge in [-0.1, -0.05) is 145 Å². The zero-order chi connectivity index (χ0) is 40.9. The molecule has 5 rings (SSSR count). The van der Waals surface area contributed by atoms with E-state index in [1.54, 1.807) is 0 Å². The Kier molecular flexibility index (Phi) is 15.7. The fourth-order valence-electron chi connectivity index (χ4n) is 7.57. The van der Waals surface area contributed by atoms with Crippen molar-refractivity contribution < 1.29 is 29.0 Å². The van der Waals surface area contributed by atoms with Crippen molar-refractivity contribution in [1.82, 2.24) is 21.3 Å². The number of aliphatic hydroxyl groups is 1. The summed E-state index contributed by atoms with van der Waals surface area (Å²) in [6.45, 7) is 10.7. The molecule has 1 aliphatic carbocycles. The second kappa shape index (κ2) is 20.8. The molecule has 1 aliphatic rings. The Balaban J connectivity index is 1.33. The number of fused-ring (bicyclic) bond motifs is 4. The molecule has 10 heteroatoms. The maximum atomic E-state index is 14.3. The first kappa shape index (κ1) is 42.9. The molecule has 0 aromatic heterocycles. The highest BCUT2D eigenvalue weighted by atomic mass is 16.5. The molecule has 0 saturated heterocycles. The lowest BCUT2D eigenvalue weighted by atomic mass is 9.96. The van der Waals surface area contributed by atoms with Gasteiger partial charge in [0.15, 0.2) is 0 Å². The van der Waals surface area contributed by atoms with Gasteiger partial charge in [-0.3, -0.25) is 14.4 Å². The van der Waals surface area contributed by atoms with Crippen molar-refractivity contribution in [3.8, 4) is 11.1 Å². The fraction of sp³-hybridized carbons (Fsp3) is 0.447. The quantitative estimate of drug-likeness (QED) is 0.0633. The van der Waals surface area contributed by atoms with Crippen LogP contribution in [0.3, 0.4) is 0 Å². The molecule has 1 unspecified atom stereocenters. The zero-order valence-electron chi connectivity index (χ0n) is 34.1. The number of unbranched alkanes of at least 4 members (excludes halogenated alkanes) is 1. The molecular weight excluding hydrogens is 717 g/mol. The summed E-state index contributed by atoms with van der Waals surface area (Å²) in [5, 5.41) is 24.8. The van der Waals surface area contributed by atoms with Gasteiger partial charge in [-0.15, -0.1) is 0 Å². The first-order valence-corrected chi connectivity index (χ1v) is 20.6. The maximum Gasteiger partial charge on any atom is 0.407 e. The molecule has 57 heavy (non-hydrogen) atoms. The van der Waals surface area contributed by atoms with E-state index in [0.717, 1.165) is 51.4 Å². The summed E-state index contributed by atoms with van der Waals surface area (Å²) in [6.07, 6.45) is 1.28. The summed E-state index contributed by atoms with van der Waals surface area (Å²) < 4.78 is 5.88. The SMILES string of the molecule is CCCC[C@H](NC(=O)[C@H](Cc1cccc2ccccc12)NC(=O)OCC1c2ccccc2-c2ccccc21)C(=O)N[C@@H](CC(C)C)[C@@H](O)CC(=O)NCC(C)CC. The molecule has 0 heterocycles. The topological polar surface area (TPSA) is 146 Å². The van der Waals surface area contributed by atoms with Crippen molar-refractivity contribution in [2.45, 2.75) is 110 Å². The minimum Gasteiger partial charge on any atom is -0.449 e. The van der Waals surface area contributed by atoms with Crippen molar-refractivity contribution in [2.75, 3.05) is 13.2 Å². The van der Waals surface area contributed by atoms with E-state index in [1.165, 1.54) is 0 Å². The molecule has 5 atom stereocenters. The molecule has 0 radical (unpaired) electrons. The van der Waals surface area contributed by atoms with Crippen LogP contribution in [0.4, 0.5) is 4.79 Å². The molecule has 0 aliphatic heterocycles. The lowest BCUT2D eigenvalue weighted by Crippen LogP contribution is -2.57. The number of rotatable bonds is 20. The monoisotopic (exact) mass is 776 g/mol. The number of amides is 4. The van der Waals surface area contributed by atoms with E-state index in [9.17, 15) is 24.3 Å². The highest BCUT2D eigenvalue weighted by Gasteiger charge is 2.33. The van der Waals surface area contributed by atoms with Crippen LogP contribution in [0.1, 0.15) is 95.8 Å². The average Bonchev–Trinajstić information content (AvgIpc) is 3.53. The van der Waals surface area contributed by atoms with E-state index in [2.05, 4.69) is 40.3 Å². The fourth-order valence-corrected chi connectivity index (χ4v) is 7.57. The van der Waals surface area contributed by atoms with Crippen LogP contribution < -0.4 is 21.3 Å². The van der Waals surface area contributed by atoms with Crippen LogP contribution in [0.25, 0.3) is 21.9 Å². The number of alkyl carbamates (subject to hydrolysis) is 1. The summed E-state index contributed by atoms with van der Waals surface area (Å²) in [5.41, 5.74) is 5.23. The Hall–Kier alpha value is -5.22. The van der Waals surface area contributed by atoms with Crippen LogP contribution in [-0.2, 0) is 25.5 Å². The largest absolute Gasteiger partial charge is 0.449 e. The number of ether oxygens (including phenoxy) is 1. The van der Waals surface area contributed by atoms with Crippen molar-refractivity contribution >= 4 is 34.6 Å². The molecule has 304 valence electrons. The normalized spacial score (nSPS) is 14.8. The molecule has 10 nitrogen and oxygen atoms in total. The number of benzene rings is 4. The van der Waals surface area contributed by atoms with Gasteiger partial charge in [0.1, 0.15) is 18.7 Å². The maximum absolute atomic E-state index is 14.3. The third-order valence-electron chi connectivity index (χ3n) is 11.0. The van der Waals surface area contributed by atoms with Crippen molar-refractivity contribution in [2.24, 2.45) is 11.8 Å². The summed E-state index contributed by atoms with van der Waals surface area (Å²) >= 11 is 0. The summed E-state index contributed by atoms with van der Waals surface area (Å²) in [4.78, 5) is 54.7. The standard InChI is InChI=1S/C47H60N4O6/c1-6-8-24-40(45(54)50-41(25-30(3)4)43(52)27-44(53)48-28-31(5)7-2)49-46(55)42(26-33-18-15-17-32-16-9-10-19-34(32)33)51-47(56)57-29-39-37-22-13-11-20-35(37)36-21-12-14-23-38(36)39/h9-23,30-31,39-43,52H,6-8,24-29H2,1-5H3,(H,48,53)(H,49,55)(H,50,54)(H,51,56)/t31?,40-,41-,42-,43-/m0/s1. The van der Waals surface area contributed by atoms with Crippen LogP contribution in [-0.4, -0.2) is 66.3 Å². The third kappa shape index (κ3) is 11.7. The minimum absolute atomic E-state index is 0.0826. The lowest BCUT2D eigenvalue weighted by molar-refractivity contribution is -0.131. The van der Waals surface area contributed by atoms with E-state index >= 15 is 0 Å². The second-order valence-corrected chi connectivity index (χ2v) is 15.9. The molecule has 0 spiro atoms. The molecule has 4 amide bonds. The van der Waals surface area contributed by atoms with Gasteiger partial charge >= 0.3 is 6.09 Å². The third-order valence-corrected chi connectivity index (χ3v) is 11.0. The Morgan fingerprint density at radius 2 is 1.39 bits per heavy atom. The number of hydrogen-bond acceptors (Lipinski definition) is 6. The van der Waals surface area contributed by atoms with Gasteiger partial charge in [0.25, 0.3) is 0 Å². The smallest absolute Gasteiger partial charge is 0.407 e. The van der Waals surface area contributed by atoms with Crippen LogP contribution >= 0.6 is 0 Å². The summed E-state index contributed by atoms with van der Waals surface area (Å²) in [7, 11) is 0. The van der Waals surface area contributed by atoms with Crippen LogP contribution in [0.15, 0.2) is 91.0 Å². The molecule has 4 aromatic carbocycles. The van der Waals surface area contributed by atoms with Crippen LogP contribution in [0.2, 0.25) is 0 Å². The van der Waals surface area contributed by atoms with E-state index in [4.69, 9.17) is 4.74 Å². The van der Waals surface area contributed by atoms with Gasteiger partial charge in [0, 0.05) is 18.9 Å². The van der Waals surface area contributed by atoms with Gasteiger partial charge in [-0.2, -0.15) is 0 Å². The van der Waals surface area contributed by atoms with Gasteiger partial charge < -0.3 is 31.1 Å². The lowest BCUT2D eigenvalue weighted by Gasteiger charge is -2.29. The number of aliphatic hydroxyl groups excluding tert-OH is 1. The van der Waals surface area contributed by atoms with Crippen molar-refractivity contribution in [3.63, 3.8) is 0 Å². The van der Waals surface area contributed by atoms with E-state index in [-0.39, 0.29) is 37.2 Å². The molecular formula is C47H60N4O6. The predicted molar refractivity (Wildman–Crippen MR) is 226 cm³/mol. The zero-order valence-corrected chi connectivity index (χ0v) is 34.1. The van der Waals surface area contributed by atoms with Gasteiger partial charge in [-0.05, 0) is 63.3 Å². The van der Waals surface area contributed by atoms with Gasteiger partial charge in [-0.25, -0.2) is 4.79 Å². The van der Waals surface area contributed by atoms with E-state index in [1.807, 2.05) is 107 Å². The van der Waals surface area contributed by atoms with Gasteiger partial charge in [0.05, 0.1) is 18.6 Å². The molecule has 0 fully saturated rings. The van der Waals surface area contributed by atoms with Gasteiger partial charge in [0.2, 0.25) is 17.7 Å². The number of carbonyl (C=O) groups is 4. The number of nitrogens with one attached hydrogen (secondary N) is 4. The molecule has 4 aromatic rings. The van der Waals surface area contributed by atoms with Crippen LogP contribution in [0.5, 0.6) is 0 Å². The number of hydrogen-bond donors (Lipinski definition) is 5. The van der Waals surface area contributed by atoms with Crippen LogP contribution in [0, 0.1) is 11.8 Å². The number of carbonyl (C=O) groups excluding carboxylic acids is 4. The first-order chi connectivity index (χ1) is 27.5. The Labute approximate surface area is 337 Å². The van der Waals surface area contributed by atoms with Crippen molar-refractivity contribution in [1.29, 1.82) is 0 Å². The van der Waals surface area contributed by atoms with E-state index < -0.39 is 42.1 Å². The average molecular weight is 777 g/mol. The summed E-state index contributed by atoms with van der Waals surface area (Å²) in [6, 6.07) is 27.2. The Morgan fingerprint density at radius 3 is 2.05 bits per heavy atom. The Morgan fingerprint density at radius 1 is 0.754 bits per heavy atom. The summed E-state index contributed by atoms with van der Waals surface area (Å²) in [5.74, 6) is -0.996. The highest BCUT2D eigenvalue weighted by Crippen LogP contribution is 2.44. The Bertz CT molecular complexity index is 1930. The predicted octanol–water partition coefficient (Wildman–Crippen LogP) is 7.41. The second-order valence-electron chi connectivity index (χ2n) is 15.9. The highest BCUT2D eigenvalue weighted by molar-refractivity contribution is 5.93. The molecule has 0 bridgehead atoms. The molecule has 0 saturated carbocycles. The van der Waals surface area contributed by atoms with Crippen molar-refractivity contribution in [3.05, 3.63) is 108 Å². The first-order valence-electron chi connectivity index (χ1n) is 20.6. The van der Waals surface area contributed by atoms with E-state index in [0.29, 0.717) is 31.7 Å². The molecule has 5 N–H and O–H groups in total. The minimum atomic E-state index is -1.12.